The van der Waals surface area contributed by atoms with Crippen molar-refractivity contribution in [2.24, 2.45) is 0 Å². The number of amides is 2. The van der Waals surface area contributed by atoms with E-state index in [4.69, 9.17) is 14.2 Å². The number of carbonyl (C=O) groups is 2. The molecule has 194 valence electrons. The van der Waals surface area contributed by atoms with Crippen molar-refractivity contribution < 1.29 is 23.8 Å². The molecule has 0 fully saturated rings. The molecular formula is C28H37N3O5. The van der Waals surface area contributed by atoms with Crippen LogP contribution in [0.1, 0.15) is 42.4 Å². The molecule has 0 aliphatic carbocycles. The number of methoxy groups -OCH3 is 2. The second kappa shape index (κ2) is 12.3. The van der Waals surface area contributed by atoms with E-state index in [1.807, 2.05) is 57.2 Å². The second-order valence-corrected chi connectivity index (χ2v) is 8.43. The Bertz CT molecular complexity index is 1210. The molecule has 0 saturated heterocycles. The lowest BCUT2D eigenvalue weighted by Crippen LogP contribution is -2.34. The molecule has 8 nitrogen and oxygen atoms in total. The minimum absolute atomic E-state index is 0.0342. The van der Waals surface area contributed by atoms with Gasteiger partial charge in [-0.2, -0.15) is 0 Å². The monoisotopic (exact) mass is 495 g/mol. The summed E-state index contributed by atoms with van der Waals surface area (Å²) in [6.07, 6.45) is 0.652. The predicted molar refractivity (Wildman–Crippen MR) is 141 cm³/mol. The third-order valence-corrected chi connectivity index (χ3v) is 6.46. The number of hydrogen-bond donors (Lipinski definition) is 1. The molecule has 0 unspecified atom stereocenters. The number of aryl methyl sites for hydroxylation is 1. The first kappa shape index (κ1) is 26.9. The molecule has 0 aliphatic rings. The van der Waals surface area contributed by atoms with Gasteiger partial charge in [0.15, 0.2) is 18.1 Å². The Balaban J connectivity index is 1.77. The van der Waals surface area contributed by atoms with Gasteiger partial charge in [-0.05, 0) is 70.0 Å². The molecule has 0 spiro atoms. The molecule has 8 heteroatoms. The lowest BCUT2D eigenvalue weighted by atomic mass is 10.1. The highest BCUT2D eigenvalue weighted by Crippen LogP contribution is 2.30. The number of nitrogens with one attached hydrogen (secondary N) is 1. The molecule has 1 aromatic heterocycles. The minimum Gasteiger partial charge on any atom is -0.493 e. The van der Waals surface area contributed by atoms with E-state index in [1.54, 1.807) is 19.1 Å². The van der Waals surface area contributed by atoms with Gasteiger partial charge < -0.3 is 29.0 Å². The maximum Gasteiger partial charge on any atom is 0.260 e. The Hall–Kier alpha value is -3.68. The SMILES string of the molecule is CCN(CC)C(=O)COc1ccc2c(c1)c(C(=O)NCCc1ccc(OC)c(OC)c1)c(C)n2CC. The molecule has 3 aromatic rings. The van der Waals surface area contributed by atoms with Crippen LogP contribution in [0.4, 0.5) is 0 Å². The highest BCUT2D eigenvalue weighted by atomic mass is 16.5. The van der Waals surface area contributed by atoms with Gasteiger partial charge in [-0.15, -0.1) is 0 Å². The summed E-state index contributed by atoms with van der Waals surface area (Å²) in [5, 5.41) is 3.87. The lowest BCUT2D eigenvalue weighted by Gasteiger charge is -2.18. The number of carbonyl (C=O) groups excluding carboxylic acids is 2. The van der Waals surface area contributed by atoms with Crippen LogP contribution in [0.5, 0.6) is 17.2 Å². The number of aromatic nitrogens is 1. The molecule has 36 heavy (non-hydrogen) atoms. The van der Waals surface area contributed by atoms with Crippen LogP contribution in [0.3, 0.4) is 0 Å². The zero-order valence-corrected chi connectivity index (χ0v) is 22.1. The van der Waals surface area contributed by atoms with Crippen molar-refractivity contribution in [3.05, 3.63) is 53.2 Å². The summed E-state index contributed by atoms with van der Waals surface area (Å²) in [6, 6.07) is 11.4. The molecule has 0 aliphatic heterocycles. The van der Waals surface area contributed by atoms with Crippen molar-refractivity contribution in [2.75, 3.05) is 40.5 Å². The third kappa shape index (κ3) is 5.75. The van der Waals surface area contributed by atoms with Gasteiger partial charge in [-0.1, -0.05) is 6.07 Å². The maximum absolute atomic E-state index is 13.3. The zero-order valence-electron chi connectivity index (χ0n) is 22.1. The standard InChI is InChI=1S/C28H37N3O5/c1-7-30(8-2)26(32)18-36-21-11-12-23-22(17-21)27(19(4)31(23)9-3)28(33)29-15-14-20-10-13-24(34-5)25(16-20)35-6/h10-13,16-17H,7-9,14-15,18H2,1-6H3,(H,29,33). The van der Waals surface area contributed by atoms with Crippen LogP contribution in [0.15, 0.2) is 36.4 Å². The van der Waals surface area contributed by atoms with Crippen LogP contribution in [-0.2, 0) is 17.8 Å². The number of nitrogens with zero attached hydrogens (tertiary/aromatic N) is 2. The Morgan fingerprint density at radius 1 is 0.972 bits per heavy atom. The summed E-state index contributed by atoms with van der Waals surface area (Å²) >= 11 is 0. The van der Waals surface area contributed by atoms with Crippen molar-refractivity contribution in [2.45, 2.75) is 40.7 Å². The van der Waals surface area contributed by atoms with E-state index in [-0.39, 0.29) is 18.4 Å². The molecule has 0 saturated carbocycles. The van der Waals surface area contributed by atoms with Crippen molar-refractivity contribution in [1.82, 2.24) is 14.8 Å². The zero-order chi connectivity index (χ0) is 26.2. The fourth-order valence-corrected chi connectivity index (χ4v) is 4.50. The van der Waals surface area contributed by atoms with E-state index in [9.17, 15) is 9.59 Å². The van der Waals surface area contributed by atoms with Gasteiger partial charge in [-0.25, -0.2) is 0 Å². The van der Waals surface area contributed by atoms with E-state index in [0.717, 1.165) is 28.7 Å². The molecule has 3 rings (SSSR count). The van der Waals surface area contributed by atoms with Crippen LogP contribution in [0.2, 0.25) is 0 Å². The minimum atomic E-state index is -0.137. The van der Waals surface area contributed by atoms with E-state index in [1.165, 1.54) is 0 Å². The van der Waals surface area contributed by atoms with Gasteiger partial charge >= 0.3 is 0 Å². The molecular weight excluding hydrogens is 458 g/mol. The summed E-state index contributed by atoms with van der Waals surface area (Å²) in [6.45, 7) is 10.4. The lowest BCUT2D eigenvalue weighted by molar-refractivity contribution is -0.132. The van der Waals surface area contributed by atoms with Crippen LogP contribution in [0.25, 0.3) is 10.9 Å². The Morgan fingerprint density at radius 3 is 2.33 bits per heavy atom. The molecule has 1 N–H and O–H groups in total. The molecule has 0 bridgehead atoms. The molecule has 0 atom stereocenters. The van der Waals surface area contributed by atoms with Crippen molar-refractivity contribution >= 4 is 22.7 Å². The third-order valence-electron chi connectivity index (χ3n) is 6.46. The number of hydrogen-bond acceptors (Lipinski definition) is 5. The highest BCUT2D eigenvalue weighted by molar-refractivity contribution is 6.08. The number of ether oxygens (including phenoxy) is 3. The Kier molecular flexibility index (Phi) is 9.22. The normalized spacial score (nSPS) is 10.8. The fraction of sp³-hybridized carbons (Fsp3) is 0.429. The molecule has 0 radical (unpaired) electrons. The number of benzene rings is 2. The first-order valence-corrected chi connectivity index (χ1v) is 12.4. The maximum atomic E-state index is 13.3. The van der Waals surface area contributed by atoms with Crippen molar-refractivity contribution in [1.29, 1.82) is 0 Å². The Morgan fingerprint density at radius 2 is 1.69 bits per heavy atom. The summed E-state index contributed by atoms with van der Waals surface area (Å²) in [4.78, 5) is 27.4. The molecule has 2 aromatic carbocycles. The summed E-state index contributed by atoms with van der Waals surface area (Å²) in [5.74, 6) is 1.70. The Labute approximate surface area is 213 Å². The fourth-order valence-electron chi connectivity index (χ4n) is 4.50. The van der Waals surface area contributed by atoms with Crippen LogP contribution < -0.4 is 19.5 Å². The van der Waals surface area contributed by atoms with Gasteiger partial charge in [-0.3, -0.25) is 9.59 Å². The first-order valence-electron chi connectivity index (χ1n) is 12.4. The van der Waals surface area contributed by atoms with Crippen molar-refractivity contribution in [3.63, 3.8) is 0 Å². The number of rotatable bonds is 12. The highest BCUT2D eigenvalue weighted by Gasteiger charge is 2.20. The largest absolute Gasteiger partial charge is 0.493 e. The van der Waals surface area contributed by atoms with Crippen molar-refractivity contribution in [3.8, 4) is 17.2 Å². The molecule has 1 heterocycles. The van der Waals surface area contributed by atoms with Gasteiger partial charge in [0.05, 0.1) is 19.8 Å². The summed E-state index contributed by atoms with van der Waals surface area (Å²) < 4.78 is 18.6. The quantitative estimate of drug-likeness (QED) is 0.407. The van der Waals surface area contributed by atoms with Gasteiger partial charge in [0.1, 0.15) is 5.75 Å². The van der Waals surface area contributed by atoms with E-state index < -0.39 is 0 Å². The van der Waals surface area contributed by atoms with Gasteiger partial charge in [0.25, 0.3) is 11.8 Å². The smallest absolute Gasteiger partial charge is 0.260 e. The average Bonchev–Trinajstić information content (AvgIpc) is 3.18. The summed E-state index contributed by atoms with van der Waals surface area (Å²) in [7, 11) is 3.21. The van der Waals surface area contributed by atoms with Gasteiger partial charge in [0.2, 0.25) is 0 Å². The van der Waals surface area contributed by atoms with Crippen LogP contribution in [-0.4, -0.2) is 61.7 Å². The topological polar surface area (TPSA) is 82.0 Å². The second-order valence-electron chi connectivity index (χ2n) is 8.43. The summed E-state index contributed by atoms with van der Waals surface area (Å²) in [5.41, 5.74) is 3.52. The van der Waals surface area contributed by atoms with Gasteiger partial charge in [0, 0.05) is 42.8 Å². The van der Waals surface area contributed by atoms with Crippen LogP contribution >= 0.6 is 0 Å². The van der Waals surface area contributed by atoms with E-state index >= 15 is 0 Å². The average molecular weight is 496 g/mol. The first-order chi connectivity index (χ1) is 17.4. The predicted octanol–water partition coefficient (Wildman–Crippen LogP) is 4.21. The van der Waals surface area contributed by atoms with E-state index in [2.05, 4.69) is 16.8 Å². The number of fused-ring (bicyclic) bond motifs is 1. The van der Waals surface area contributed by atoms with E-state index in [0.29, 0.717) is 48.9 Å². The number of likely N-dealkylation sites (N-methyl/N-ethyl adjacent to an activating group) is 1. The molecule has 2 amide bonds. The van der Waals surface area contributed by atoms with Crippen LogP contribution in [0, 0.1) is 6.92 Å².